The highest BCUT2D eigenvalue weighted by molar-refractivity contribution is 5.79. The van der Waals surface area contributed by atoms with E-state index in [9.17, 15) is 4.39 Å². The van der Waals surface area contributed by atoms with Gasteiger partial charge in [0.1, 0.15) is 11.6 Å². The molecule has 0 radical (unpaired) electrons. The van der Waals surface area contributed by atoms with Crippen molar-refractivity contribution >= 4 is 5.96 Å². The third kappa shape index (κ3) is 8.51. The van der Waals surface area contributed by atoms with Crippen LogP contribution in [0.3, 0.4) is 0 Å². The number of benzene rings is 1. The van der Waals surface area contributed by atoms with Crippen LogP contribution in [0.4, 0.5) is 4.39 Å². The van der Waals surface area contributed by atoms with Gasteiger partial charge in [-0.1, -0.05) is 12.1 Å². The van der Waals surface area contributed by atoms with Gasteiger partial charge in [-0.3, -0.25) is 0 Å². The summed E-state index contributed by atoms with van der Waals surface area (Å²) in [5.41, 5.74) is 0.948. The van der Waals surface area contributed by atoms with Crippen LogP contribution in [0.2, 0.25) is 0 Å². The van der Waals surface area contributed by atoms with Crippen LogP contribution in [0, 0.1) is 5.82 Å². The highest BCUT2D eigenvalue weighted by atomic mass is 19.1. The molecular weight excluding hydrogens is 399 g/mol. The van der Waals surface area contributed by atoms with E-state index in [0.29, 0.717) is 31.4 Å². The molecule has 0 bridgehead atoms. The second-order valence-electron chi connectivity index (χ2n) is 7.25. The van der Waals surface area contributed by atoms with Crippen molar-refractivity contribution in [1.29, 1.82) is 0 Å². The number of pyridine rings is 1. The van der Waals surface area contributed by atoms with Crippen molar-refractivity contribution < 1.29 is 18.6 Å². The molecule has 0 aliphatic carbocycles. The summed E-state index contributed by atoms with van der Waals surface area (Å²) in [6.45, 7) is 6.30. The molecule has 2 aromatic rings. The zero-order chi connectivity index (χ0) is 21.7. The fourth-order valence-corrected chi connectivity index (χ4v) is 3.10. The van der Waals surface area contributed by atoms with Gasteiger partial charge < -0.3 is 24.8 Å². The molecule has 0 amide bonds. The van der Waals surface area contributed by atoms with Crippen LogP contribution in [-0.2, 0) is 16.0 Å². The first kappa shape index (κ1) is 23.0. The second kappa shape index (κ2) is 12.9. The summed E-state index contributed by atoms with van der Waals surface area (Å²) in [5, 5.41) is 6.55. The van der Waals surface area contributed by atoms with Gasteiger partial charge in [0.05, 0.1) is 19.3 Å². The maximum atomic E-state index is 13.2. The van der Waals surface area contributed by atoms with Gasteiger partial charge in [-0.2, -0.15) is 0 Å². The molecule has 0 spiro atoms. The number of guanidine groups is 1. The summed E-state index contributed by atoms with van der Waals surface area (Å²) in [4.78, 5) is 8.87. The van der Waals surface area contributed by atoms with Gasteiger partial charge in [0.2, 0.25) is 5.88 Å². The van der Waals surface area contributed by atoms with Gasteiger partial charge in [0.25, 0.3) is 0 Å². The first-order valence-electron chi connectivity index (χ1n) is 10.8. The van der Waals surface area contributed by atoms with Crippen molar-refractivity contribution in [3.8, 4) is 11.6 Å². The number of aromatic nitrogens is 1. The summed E-state index contributed by atoms with van der Waals surface area (Å²) >= 11 is 0. The molecule has 1 aliphatic heterocycles. The molecule has 2 heterocycles. The minimum Gasteiger partial charge on any atom is -0.439 e. The maximum Gasteiger partial charge on any atom is 0.219 e. The minimum absolute atomic E-state index is 0.270. The molecule has 31 heavy (non-hydrogen) atoms. The number of aliphatic imine (C=N–C) groups is 1. The normalized spacial score (nSPS) is 16.3. The molecule has 1 aromatic carbocycles. The summed E-state index contributed by atoms with van der Waals surface area (Å²) < 4.78 is 30.0. The zero-order valence-corrected chi connectivity index (χ0v) is 18.0. The Hall–Kier alpha value is -2.71. The SMILES string of the molecule is CCNC(=NCc1ccc(Oc2cccc(F)c2)nc1)NCCCOCC1CCCO1. The molecule has 7 nitrogen and oxygen atoms in total. The molecule has 1 saturated heterocycles. The van der Waals surface area contributed by atoms with Crippen LogP contribution < -0.4 is 15.4 Å². The predicted octanol–water partition coefficient (Wildman–Crippen LogP) is 3.65. The van der Waals surface area contributed by atoms with E-state index in [1.165, 1.54) is 12.1 Å². The highest BCUT2D eigenvalue weighted by Crippen LogP contribution is 2.20. The zero-order valence-electron chi connectivity index (χ0n) is 18.0. The van der Waals surface area contributed by atoms with Crippen LogP contribution >= 0.6 is 0 Å². The van der Waals surface area contributed by atoms with Crippen molar-refractivity contribution in [1.82, 2.24) is 15.6 Å². The molecule has 0 saturated carbocycles. The average molecular weight is 431 g/mol. The number of hydrogen-bond donors (Lipinski definition) is 2. The Morgan fingerprint density at radius 1 is 1.29 bits per heavy atom. The van der Waals surface area contributed by atoms with Crippen molar-refractivity contribution in [2.45, 2.75) is 38.8 Å². The topological polar surface area (TPSA) is 77.0 Å². The van der Waals surface area contributed by atoms with Crippen LogP contribution in [0.25, 0.3) is 0 Å². The average Bonchev–Trinajstić information content (AvgIpc) is 3.29. The van der Waals surface area contributed by atoms with Gasteiger partial charge in [0.15, 0.2) is 5.96 Å². The van der Waals surface area contributed by atoms with E-state index in [1.54, 1.807) is 24.4 Å². The van der Waals surface area contributed by atoms with E-state index >= 15 is 0 Å². The van der Waals surface area contributed by atoms with Crippen LogP contribution in [0.5, 0.6) is 11.6 Å². The molecule has 1 aromatic heterocycles. The molecule has 1 aliphatic rings. The summed E-state index contributed by atoms with van der Waals surface area (Å²) in [7, 11) is 0. The fraction of sp³-hybridized carbons (Fsp3) is 0.478. The monoisotopic (exact) mass is 430 g/mol. The van der Waals surface area contributed by atoms with E-state index in [2.05, 4.69) is 20.6 Å². The Bertz CT molecular complexity index is 811. The lowest BCUT2D eigenvalue weighted by Gasteiger charge is -2.12. The third-order valence-electron chi connectivity index (χ3n) is 4.67. The van der Waals surface area contributed by atoms with Crippen molar-refractivity contribution in [2.75, 3.05) is 32.9 Å². The molecule has 168 valence electrons. The number of nitrogens with one attached hydrogen (secondary N) is 2. The maximum absolute atomic E-state index is 13.2. The summed E-state index contributed by atoms with van der Waals surface area (Å²) in [6.07, 6.45) is 5.11. The second-order valence-corrected chi connectivity index (χ2v) is 7.25. The number of halogens is 1. The molecule has 3 rings (SSSR count). The van der Waals surface area contributed by atoms with E-state index in [4.69, 9.17) is 14.2 Å². The predicted molar refractivity (Wildman–Crippen MR) is 118 cm³/mol. The standard InChI is InChI=1S/C23H31FN4O3/c1-2-25-23(26-11-5-12-29-17-21-8-4-13-30-21)28-16-18-9-10-22(27-15-18)31-20-7-3-6-19(24)14-20/h3,6-7,9-10,14-15,21H,2,4-5,8,11-13,16-17H2,1H3,(H2,25,26,28). The Kier molecular flexibility index (Phi) is 9.53. The largest absolute Gasteiger partial charge is 0.439 e. The van der Waals surface area contributed by atoms with Gasteiger partial charge >= 0.3 is 0 Å². The van der Waals surface area contributed by atoms with E-state index in [0.717, 1.165) is 50.5 Å². The number of ether oxygens (including phenoxy) is 3. The first-order valence-corrected chi connectivity index (χ1v) is 10.8. The van der Waals surface area contributed by atoms with Crippen molar-refractivity contribution in [2.24, 2.45) is 4.99 Å². The quantitative estimate of drug-likeness (QED) is 0.322. The van der Waals surface area contributed by atoms with E-state index in [1.807, 2.05) is 13.0 Å². The fourth-order valence-electron chi connectivity index (χ4n) is 3.10. The van der Waals surface area contributed by atoms with Gasteiger partial charge in [-0.15, -0.1) is 0 Å². The minimum atomic E-state index is -0.346. The molecular formula is C23H31FN4O3. The van der Waals surface area contributed by atoms with E-state index < -0.39 is 0 Å². The molecule has 1 unspecified atom stereocenters. The van der Waals surface area contributed by atoms with Gasteiger partial charge in [-0.05, 0) is 43.9 Å². The lowest BCUT2D eigenvalue weighted by atomic mass is 10.2. The van der Waals surface area contributed by atoms with Gasteiger partial charge in [0, 0.05) is 44.6 Å². The first-order chi connectivity index (χ1) is 15.2. The Balaban J connectivity index is 1.39. The Morgan fingerprint density at radius 2 is 2.23 bits per heavy atom. The Labute approximate surface area is 183 Å². The Morgan fingerprint density at radius 3 is 2.97 bits per heavy atom. The van der Waals surface area contributed by atoms with E-state index in [-0.39, 0.29) is 11.9 Å². The molecule has 1 fully saturated rings. The smallest absolute Gasteiger partial charge is 0.219 e. The summed E-state index contributed by atoms with van der Waals surface area (Å²) in [6, 6.07) is 9.62. The number of nitrogens with zero attached hydrogens (tertiary/aromatic N) is 2. The molecule has 1 atom stereocenters. The lowest BCUT2D eigenvalue weighted by molar-refractivity contribution is 0.0168. The third-order valence-corrected chi connectivity index (χ3v) is 4.67. The number of rotatable bonds is 11. The van der Waals surface area contributed by atoms with Crippen LogP contribution in [-0.4, -0.2) is 50.0 Å². The van der Waals surface area contributed by atoms with Crippen molar-refractivity contribution in [3.05, 3.63) is 54.0 Å². The highest BCUT2D eigenvalue weighted by Gasteiger charge is 2.14. The van der Waals surface area contributed by atoms with Crippen LogP contribution in [0.1, 0.15) is 31.7 Å². The number of hydrogen-bond acceptors (Lipinski definition) is 5. The molecule has 2 N–H and O–H groups in total. The summed E-state index contributed by atoms with van der Waals surface area (Å²) in [5.74, 6) is 1.23. The lowest BCUT2D eigenvalue weighted by Crippen LogP contribution is -2.38. The van der Waals surface area contributed by atoms with Crippen LogP contribution in [0.15, 0.2) is 47.6 Å². The van der Waals surface area contributed by atoms with Crippen molar-refractivity contribution in [3.63, 3.8) is 0 Å². The van der Waals surface area contributed by atoms with Gasteiger partial charge in [-0.25, -0.2) is 14.4 Å². The molecule has 8 heteroatoms.